The van der Waals surface area contributed by atoms with Crippen LogP contribution in [0.1, 0.15) is 36.7 Å². The minimum Gasteiger partial charge on any atom is -0.399 e. The van der Waals surface area contributed by atoms with Crippen molar-refractivity contribution in [1.82, 2.24) is 5.32 Å². The maximum Gasteiger partial charge on any atom is 0.253 e. The molecule has 0 aliphatic carbocycles. The standard InChI is InChI=1S/C20H25N3O2.ClH/c1-20(2,3)19(25)23-17-7-5-4-6-16(17)18(24)22-13-12-14-8-10-15(21)11-9-14;/h4-11H,12-13,21H2,1-3H3,(H,22,24)(H,23,25);1H. The zero-order valence-corrected chi connectivity index (χ0v) is 16.2. The van der Waals surface area contributed by atoms with Gasteiger partial charge in [-0.05, 0) is 36.2 Å². The van der Waals surface area contributed by atoms with E-state index in [2.05, 4.69) is 10.6 Å². The Kier molecular flexibility index (Phi) is 7.65. The number of carbonyl (C=O) groups excluding carboxylic acids is 2. The lowest BCUT2D eigenvalue weighted by Crippen LogP contribution is -2.30. The van der Waals surface area contributed by atoms with Crippen molar-refractivity contribution in [3.63, 3.8) is 0 Å². The van der Waals surface area contributed by atoms with Crippen molar-refractivity contribution in [3.05, 3.63) is 59.7 Å². The summed E-state index contributed by atoms with van der Waals surface area (Å²) < 4.78 is 0. The van der Waals surface area contributed by atoms with Crippen molar-refractivity contribution < 1.29 is 9.59 Å². The Hall–Kier alpha value is -2.53. The molecule has 26 heavy (non-hydrogen) atoms. The number of amides is 2. The maximum absolute atomic E-state index is 12.5. The average molecular weight is 376 g/mol. The Morgan fingerprint density at radius 3 is 2.23 bits per heavy atom. The van der Waals surface area contributed by atoms with Gasteiger partial charge in [-0.25, -0.2) is 0 Å². The highest BCUT2D eigenvalue weighted by molar-refractivity contribution is 6.04. The van der Waals surface area contributed by atoms with Crippen molar-refractivity contribution in [2.24, 2.45) is 5.41 Å². The topological polar surface area (TPSA) is 84.2 Å². The second-order valence-electron chi connectivity index (χ2n) is 7.00. The van der Waals surface area contributed by atoms with Crippen LogP contribution in [0.25, 0.3) is 0 Å². The molecule has 0 saturated heterocycles. The Balaban J connectivity index is 0.00000338. The van der Waals surface area contributed by atoms with Gasteiger partial charge in [-0.2, -0.15) is 0 Å². The van der Waals surface area contributed by atoms with Gasteiger partial charge in [-0.1, -0.05) is 45.0 Å². The quantitative estimate of drug-likeness (QED) is 0.697. The van der Waals surface area contributed by atoms with Gasteiger partial charge < -0.3 is 16.4 Å². The van der Waals surface area contributed by atoms with Crippen molar-refractivity contribution in [1.29, 1.82) is 0 Å². The lowest BCUT2D eigenvalue weighted by molar-refractivity contribution is -0.123. The van der Waals surface area contributed by atoms with Gasteiger partial charge in [0.1, 0.15) is 0 Å². The predicted molar refractivity (Wildman–Crippen MR) is 109 cm³/mol. The molecule has 0 fully saturated rings. The molecule has 2 amide bonds. The third-order valence-corrected chi connectivity index (χ3v) is 3.78. The molecule has 2 aromatic carbocycles. The summed E-state index contributed by atoms with van der Waals surface area (Å²) >= 11 is 0. The van der Waals surface area contributed by atoms with Crippen LogP contribution < -0.4 is 16.4 Å². The van der Waals surface area contributed by atoms with Crippen LogP contribution in [0.15, 0.2) is 48.5 Å². The first-order chi connectivity index (χ1) is 11.8. The first-order valence-electron chi connectivity index (χ1n) is 8.30. The van der Waals surface area contributed by atoms with E-state index >= 15 is 0 Å². The molecule has 0 aliphatic heterocycles. The molecular weight excluding hydrogens is 350 g/mol. The van der Waals surface area contributed by atoms with E-state index in [9.17, 15) is 9.59 Å². The summed E-state index contributed by atoms with van der Waals surface area (Å²) in [7, 11) is 0. The normalized spacial score (nSPS) is 10.6. The number of halogens is 1. The van der Waals surface area contributed by atoms with Crippen LogP contribution in [0.2, 0.25) is 0 Å². The number of nitrogens with two attached hydrogens (primary N) is 1. The molecule has 0 heterocycles. The summed E-state index contributed by atoms with van der Waals surface area (Å²) in [6.45, 7) is 6.00. The van der Waals surface area contributed by atoms with Gasteiger partial charge in [0.25, 0.3) is 5.91 Å². The fraction of sp³-hybridized carbons (Fsp3) is 0.300. The SMILES string of the molecule is CC(C)(C)C(=O)Nc1ccccc1C(=O)NCCc1ccc(N)cc1.Cl. The van der Waals surface area contributed by atoms with E-state index in [1.165, 1.54) is 0 Å². The van der Waals surface area contributed by atoms with Gasteiger partial charge in [-0.3, -0.25) is 9.59 Å². The van der Waals surface area contributed by atoms with E-state index in [0.29, 0.717) is 24.2 Å². The Labute approximate surface area is 160 Å². The first-order valence-corrected chi connectivity index (χ1v) is 8.30. The molecule has 0 radical (unpaired) electrons. The highest BCUT2D eigenvalue weighted by Crippen LogP contribution is 2.20. The summed E-state index contributed by atoms with van der Waals surface area (Å²) in [5.74, 6) is -0.338. The zero-order chi connectivity index (χ0) is 18.4. The van der Waals surface area contributed by atoms with Crippen LogP contribution in [0.4, 0.5) is 11.4 Å². The first kappa shape index (κ1) is 21.5. The van der Waals surface area contributed by atoms with Gasteiger partial charge in [0.2, 0.25) is 5.91 Å². The van der Waals surface area contributed by atoms with Crippen molar-refractivity contribution in [2.45, 2.75) is 27.2 Å². The molecule has 0 atom stereocenters. The number of rotatable bonds is 5. The Morgan fingerprint density at radius 2 is 1.62 bits per heavy atom. The molecule has 0 aliphatic rings. The molecule has 0 aromatic heterocycles. The molecule has 2 aromatic rings. The number of hydrogen-bond acceptors (Lipinski definition) is 3. The molecule has 0 bridgehead atoms. The lowest BCUT2D eigenvalue weighted by Gasteiger charge is -2.19. The van der Waals surface area contributed by atoms with Gasteiger partial charge in [-0.15, -0.1) is 12.4 Å². The minimum absolute atomic E-state index is 0. The number of nitrogen functional groups attached to an aromatic ring is 1. The number of anilines is 2. The number of nitrogens with one attached hydrogen (secondary N) is 2. The third kappa shape index (κ3) is 6.08. The van der Waals surface area contributed by atoms with Crippen molar-refractivity contribution >= 4 is 35.6 Å². The lowest BCUT2D eigenvalue weighted by atomic mass is 9.95. The molecule has 2 rings (SSSR count). The van der Waals surface area contributed by atoms with Crippen molar-refractivity contribution in [3.8, 4) is 0 Å². The molecule has 4 N–H and O–H groups in total. The minimum atomic E-state index is -0.529. The van der Waals surface area contributed by atoms with E-state index in [-0.39, 0.29) is 24.2 Å². The van der Waals surface area contributed by atoms with Crippen LogP contribution in [0, 0.1) is 5.41 Å². The monoisotopic (exact) mass is 375 g/mol. The van der Waals surface area contributed by atoms with E-state index in [1.54, 1.807) is 24.3 Å². The maximum atomic E-state index is 12.5. The molecule has 0 saturated carbocycles. The van der Waals surface area contributed by atoms with Crippen LogP contribution in [0.5, 0.6) is 0 Å². The number of hydrogen-bond donors (Lipinski definition) is 3. The molecule has 140 valence electrons. The summed E-state index contributed by atoms with van der Waals surface area (Å²) in [5, 5.41) is 5.73. The van der Waals surface area contributed by atoms with Crippen molar-refractivity contribution in [2.75, 3.05) is 17.6 Å². The number of carbonyl (C=O) groups is 2. The van der Waals surface area contributed by atoms with E-state index < -0.39 is 5.41 Å². The summed E-state index contributed by atoms with van der Waals surface area (Å²) in [6.07, 6.45) is 0.711. The second-order valence-corrected chi connectivity index (χ2v) is 7.00. The summed E-state index contributed by atoms with van der Waals surface area (Å²) in [6, 6.07) is 14.6. The Morgan fingerprint density at radius 1 is 1.00 bits per heavy atom. The fourth-order valence-corrected chi connectivity index (χ4v) is 2.20. The molecule has 0 spiro atoms. The number of para-hydroxylation sites is 1. The van der Waals surface area contributed by atoms with E-state index in [1.807, 2.05) is 45.0 Å². The third-order valence-electron chi connectivity index (χ3n) is 3.78. The van der Waals surface area contributed by atoms with Gasteiger partial charge in [0.05, 0.1) is 11.3 Å². The Bertz CT molecular complexity index is 752. The summed E-state index contributed by atoms with van der Waals surface area (Å²) in [4.78, 5) is 24.6. The van der Waals surface area contributed by atoms with E-state index in [0.717, 1.165) is 11.3 Å². The zero-order valence-electron chi connectivity index (χ0n) is 15.3. The fourth-order valence-electron chi connectivity index (χ4n) is 2.20. The summed E-state index contributed by atoms with van der Waals surface area (Å²) in [5.41, 5.74) is 7.93. The van der Waals surface area contributed by atoms with Crippen LogP contribution in [-0.4, -0.2) is 18.4 Å². The van der Waals surface area contributed by atoms with Gasteiger partial charge >= 0.3 is 0 Å². The average Bonchev–Trinajstić information content (AvgIpc) is 2.56. The van der Waals surface area contributed by atoms with E-state index in [4.69, 9.17) is 5.73 Å². The number of benzene rings is 2. The van der Waals surface area contributed by atoms with Gasteiger partial charge in [0, 0.05) is 17.6 Å². The molecule has 0 unspecified atom stereocenters. The molecule has 5 nitrogen and oxygen atoms in total. The van der Waals surface area contributed by atoms with Crippen LogP contribution >= 0.6 is 12.4 Å². The molecule has 6 heteroatoms. The second kappa shape index (κ2) is 9.25. The smallest absolute Gasteiger partial charge is 0.253 e. The largest absolute Gasteiger partial charge is 0.399 e. The van der Waals surface area contributed by atoms with Crippen LogP contribution in [0.3, 0.4) is 0 Å². The van der Waals surface area contributed by atoms with Crippen LogP contribution in [-0.2, 0) is 11.2 Å². The van der Waals surface area contributed by atoms with Gasteiger partial charge in [0.15, 0.2) is 0 Å². The highest BCUT2D eigenvalue weighted by atomic mass is 35.5. The highest BCUT2D eigenvalue weighted by Gasteiger charge is 2.22. The predicted octanol–water partition coefficient (Wildman–Crippen LogP) is 3.65. The molecular formula is C20H26ClN3O2.